The number of rotatable bonds is 7. The number of anilines is 3. The van der Waals surface area contributed by atoms with Crippen LogP contribution in [0.3, 0.4) is 0 Å². The third-order valence-electron chi connectivity index (χ3n) is 6.23. The molecule has 2 aromatic heterocycles. The van der Waals surface area contributed by atoms with Crippen molar-refractivity contribution in [2.24, 2.45) is 0 Å². The van der Waals surface area contributed by atoms with E-state index in [1.165, 1.54) is 5.56 Å². The van der Waals surface area contributed by atoms with Crippen molar-refractivity contribution in [3.63, 3.8) is 0 Å². The van der Waals surface area contributed by atoms with Gasteiger partial charge in [0.25, 0.3) is 5.91 Å². The number of amides is 1. The molecular weight excluding hydrogens is 450 g/mol. The van der Waals surface area contributed by atoms with Crippen LogP contribution in [0.2, 0.25) is 0 Å². The van der Waals surface area contributed by atoms with Crippen LogP contribution in [0.15, 0.2) is 85.3 Å². The summed E-state index contributed by atoms with van der Waals surface area (Å²) in [6.07, 6.45) is 5.21. The van der Waals surface area contributed by atoms with E-state index < -0.39 is 0 Å². The van der Waals surface area contributed by atoms with E-state index in [0.29, 0.717) is 11.5 Å². The number of nitrogens with one attached hydrogen (secondary N) is 2. The average molecular weight is 480 g/mol. The molecule has 36 heavy (non-hydrogen) atoms. The number of hydrogen-bond donors (Lipinski definition) is 2. The van der Waals surface area contributed by atoms with E-state index in [9.17, 15) is 4.79 Å². The van der Waals surface area contributed by atoms with E-state index in [1.54, 1.807) is 18.6 Å². The third-order valence-corrected chi connectivity index (χ3v) is 6.23. The second kappa shape index (κ2) is 11.1. The van der Waals surface area contributed by atoms with E-state index in [1.807, 2.05) is 66.7 Å². The maximum atomic E-state index is 12.7. The summed E-state index contributed by atoms with van der Waals surface area (Å²) in [6, 6.07) is 21.0. The lowest BCUT2D eigenvalue weighted by atomic mass is 10.1. The average Bonchev–Trinajstić information content (AvgIpc) is 2.92. The normalized spacial score (nSPS) is 14.4. The lowest BCUT2D eigenvalue weighted by Crippen LogP contribution is -2.43. The molecule has 1 saturated heterocycles. The van der Waals surface area contributed by atoms with E-state index in [0.717, 1.165) is 55.4 Å². The minimum Gasteiger partial charge on any atom is -0.324 e. The van der Waals surface area contributed by atoms with Crippen LogP contribution in [0.1, 0.15) is 15.9 Å². The Morgan fingerprint density at radius 3 is 2.36 bits per heavy atom. The minimum atomic E-state index is -0.130. The van der Waals surface area contributed by atoms with E-state index in [4.69, 9.17) is 0 Å². The van der Waals surface area contributed by atoms with E-state index >= 15 is 0 Å². The topological polar surface area (TPSA) is 86.3 Å². The Balaban J connectivity index is 1.16. The molecule has 2 aromatic carbocycles. The van der Waals surface area contributed by atoms with Gasteiger partial charge < -0.3 is 15.5 Å². The molecule has 5 rings (SSSR count). The molecule has 0 atom stereocenters. The third kappa shape index (κ3) is 6.10. The standard InChI is InChI=1S/C28H29N7O/c1-34-15-17-35(18-16-34)20-21-4-6-22(7-5-21)27(36)31-24-8-10-25(11-9-24)32-28-30-14-12-26(33-28)23-3-2-13-29-19-23/h2-14,19H,15-18,20H2,1H3,(H,31,36)(H,30,32,33). The zero-order chi connectivity index (χ0) is 24.7. The zero-order valence-electron chi connectivity index (χ0n) is 20.3. The smallest absolute Gasteiger partial charge is 0.255 e. The molecule has 0 aliphatic carbocycles. The van der Waals surface area contributed by atoms with E-state index in [-0.39, 0.29) is 5.91 Å². The van der Waals surface area contributed by atoms with Gasteiger partial charge in [-0.1, -0.05) is 12.1 Å². The Bertz CT molecular complexity index is 1290. The molecule has 0 saturated carbocycles. The fourth-order valence-corrected chi connectivity index (χ4v) is 4.09. The monoisotopic (exact) mass is 479 g/mol. The largest absolute Gasteiger partial charge is 0.324 e. The molecule has 1 aliphatic rings. The highest BCUT2D eigenvalue weighted by molar-refractivity contribution is 6.04. The Morgan fingerprint density at radius 1 is 0.889 bits per heavy atom. The van der Waals surface area contributed by atoms with Gasteiger partial charge in [0.15, 0.2) is 0 Å². The second-order valence-corrected chi connectivity index (χ2v) is 8.94. The minimum absolute atomic E-state index is 0.130. The fraction of sp³-hybridized carbons (Fsp3) is 0.214. The van der Waals surface area contributed by atoms with Gasteiger partial charge in [-0.05, 0) is 67.2 Å². The molecule has 0 radical (unpaired) electrons. The van der Waals surface area contributed by atoms with Crippen molar-refractivity contribution in [1.29, 1.82) is 0 Å². The maximum absolute atomic E-state index is 12.7. The number of likely N-dealkylation sites (N-methyl/N-ethyl adjacent to an activating group) is 1. The molecule has 182 valence electrons. The lowest BCUT2D eigenvalue weighted by Gasteiger charge is -2.32. The first kappa shape index (κ1) is 23.6. The van der Waals surface area contributed by atoms with Crippen LogP contribution in [0, 0.1) is 0 Å². The number of aromatic nitrogens is 3. The summed E-state index contributed by atoms with van der Waals surface area (Å²) in [7, 11) is 2.16. The van der Waals surface area contributed by atoms with Gasteiger partial charge in [0.1, 0.15) is 0 Å². The van der Waals surface area contributed by atoms with Gasteiger partial charge in [0.2, 0.25) is 5.95 Å². The van der Waals surface area contributed by atoms with Crippen molar-refractivity contribution in [2.75, 3.05) is 43.9 Å². The number of hydrogen-bond acceptors (Lipinski definition) is 7. The van der Waals surface area contributed by atoms with Crippen molar-refractivity contribution in [1.82, 2.24) is 24.8 Å². The second-order valence-electron chi connectivity index (χ2n) is 8.94. The Morgan fingerprint density at radius 2 is 1.64 bits per heavy atom. The van der Waals surface area contributed by atoms with Gasteiger partial charge in [-0.3, -0.25) is 14.7 Å². The van der Waals surface area contributed by atoms with Gasteiger partial charge in [-0.2, -0.15) is 0 Å². The summed E-state index contributed by atoms with van der Waals surface area (Å²) in [5, 5.41) is 6.17. The molecule has 8 heteroatoms. The quantitative estimate of drug-likeness (QED) is 0.409. The lowest BCUT2D eigenvalue weighted by molar-refractivity contribution is 0.102. The van der Waals surface area contributed by atoms with Gasteiger partial charge in [0.05, 0.1) is 5.69 Å². The molecular formula is C28H29N7O. The summed E-state index contributed by atoms with van der Waals surface area (Å²) in [5.74, 6) is 0.360. The van der Waals surface area contributed by atoms with Crippen molar-refractivity contribution in [3.05, 3.63) is 96.4 Å². The number of pyridine rings is 1. The van der Waals surface area contributed by atoms with Crippen molar-refractivity contribution < 1.29 is 4.79 Å². The summed E-state index contributed by atoms with van der Waals surface area (Å²) < 4.78 is 0. The molecule has 3 heterocycles. The molecule has 0 bridgehead atoms. The summed E-state index contributed by atoms with van der Waals surface area (Å²) in [5.41, 5.74) is 5.12. The van der Waals surface area contributed by atoms with Crippen molar-refractivity contribution in [2.45, 2.75) is 6.54 Å². The summed E-state index contributed by atoms with van der Waals surface area (Å²) in [6.45, 7) is 5.26. The molecule has 1 amide bonds. The van der Waals surface area contributed by atoms with Gasteiger partial charge >= 0.3 is 0 Å². The molecule has 0 unspecified atom stereocenters. The predicted octanol–water partition coefficient (Wildman–Crippen LogP) is 4.28. The Kier molecular flexibility index (Phi) is 7.25. The Labute approximate surface area is 211 Å². The van der Waals surface area contributed by atoms with Gasteiger partial charge in [-0.25, -0.2) is 9.97 Å². The Hall–Kier alpha value is -4.14. The molecule has 0 spiro atoms. The first-order valence-corrected chi connectivity index (χ1v) is 12.0. The van der Waals surface area contributed by atoms with Crippen molar-refractivity contribution in [3.8, 4) is 11.3 Å². The van der Waals surface area contributed by atoms with Crippen LogP contribution in [-0.2, 0) is 6.54 Å². The molecule has 2 N–H and O–H groups in total. The number of carbonyl (C=O) groups is 1. The van der Waals surface area contributed by atoms with Crippen LogP contribution in [0.4, 0.5) is 17.3 Å². The van der Waals surface area contributed by atoms with E-state index in [2.05, 4.69) is 42.4 Å². The number of nitrogens with zero attached hydrogens (tertiary/aromatic N) is 5. The number of piperazine rings is 1. The maximum Gasteiger partial charge on any atom is 0.255 e. The molecule has 1 aliphatic heterocycles. The number of carbonyl (C=O) groups excluding carboxylic acids is 1. The molecule has 8 nitrogen and oxygen atoms in total. The first-order chi connectivity index (χ1) is 17.6. The van der Waals surface area contributed by atoms with Gasteiger partial charge in [0, 0.05) is 73.8 Å². The summed E-state index contributed by atoms with van der Waals surface area (Å²) >= 11 is 0. The SMILES string of the molecule is CN1CCN(Cc2ccc(C(=O)Nc3ccc(Nc4nccc(-c5cccnc5)n4)cc3)cc2)CC1. The number of benzene rings is 2. The highest BCUT2D eigenvalue weighted by atomic mass is 16.1. The van der Waals surface area contributed by atoms with Crippen LogP contribution < -0.4 is 10.6 Å². The summed E-state index contributed by atoms with van der Waals surface area (Å²) in [4.78, 5) is 30.5. The van der Waals surface area contributed by atoms with Crippen LogP contribution in [0.25, 0.3) is 11.3 Å². The van der Waals surface area contributed by atoms with Crippen LogP contribution >= 0.6 is 0 Å². The first-order valence-electron chi connectivity index (χ1n) is 12.0. The van der Waals surface area contributed by atoms with Gasteiger partial charge in [-0.15, -0.1) is 0 Å². The highest BCUT2D eigenvalue weighted by Gasteiger charge is 2.14. The molecule has 4 aromatic rings. The van der Waals surface area contributed by atoms with Crippen molar-refractivity contribution >= 4 is 23.2 Å². The van der Waals surface area contributed by atoms with Crippen LogP contribution in [-0.4, -0.2) is 63.9 Å². The zero-order valence-corrected chi connectivity index (χ0v) is 20.3. The predicted molar refractivity (Wildman–Crippen MR) is 142 cm³/mol. The van der Waals surface area contributed by atoms with Crippen LogP contribution in [0.5, 0.6) is 0 Å². The highest BCUT2D eigenvalue weighted by Crippen LogP contribution is 2.20. The fourth-order valence-electron chi connectivity index (χ4n) is 4.09. The molecule has 1 fully saturated rings.